The Morgan fingerprint density at radius 2 is 1.90 bits per heavy atom. The van der Waals surface area contributed by atoms with Gasteiger partial charge in [0, 0.05) is 12.6 Å². The summed E-state index contributed by atoms with van der Waals surface area (Å²) >= 11 is 6.24. The van der Waals surface area contributed by atoms with Gasteiger partial charge in [0.15, 0.2) is 0 Å². The lowest BCUT2D eigenvalue weighted by Gasteiger charge is -2.22. The number of nitrogens with zero attached hydrogens (tertiary/aromatic N) is 2. The van der Waals surface area contributed by atoms with E-state index in [1.165, 1.54) is 36.8 Å². The first-order valence-electron chi connectivity index (χ1n) is 8.10. The molecule has 0 aliphatic heterocycles. The molecule has 0 radical (unpaired) electrons. The van der Waals surface area contributed by atoms with Gasteiger partial charge in [-0.3, -0.25) is 4.79 Å². The largest absolute Gasteiger partial charge is 0.380 e. The number of hydrogen-bond donors (Lipinski definition) is 1. The van der Waals surface area contributed by atoms with Crippen molar-refractivity contribution in [2.75, 3.05) is 5.32 Å². The van der Waals surface area contributed by atoms with Crippen molar-refractivity contribution in [3.8, 4) is 0 Å². The Morgan fingerprint density at radius 1 is 1.29 bits per heavy atom. The lowest BCUT2D eigenvalue weighted by molar-refractivity contribution is 0.460. The number of anilines is 1. The Hall–Kier alpha value is -1.03. The zero-order valence-corrected chi connectivity index (χ0v) is 13.8. The first-order valence-corrected chi connectivity index (χ1v) is 8.48. The van der Waals surface area contributed by atoms with Crippen LogP contribution in [-0.4, -0.2) is 15.8 Å². The predicted octanol–water partition coefficient (Wildman–Crippen LogP) is 4.08. The normalized spacial score (nSPS) is 17.5. The van der Waals surface area contributed by atoms with Gasteiger partial charge in [-0.25, -0.2) is 4.68 Å². The number of halogens is 1. The Kier molecular flexibility index (Phi) is 6.09. The quantitative estimate of drug-likeness (QED) is 0.911. The highest BCUT2D eigenvalue weighted by Gasteiger charge is 2.15. The lowest BCUT2D eigenvalue weighted by atomic mass is 9.96. The Morgan fingerprint density at radius 3 is 2.52 bits per heavy atom. The number of hydrogen-bond acceptors (Lipinski definition) is 3. The van der Waals surface area contributed by atoms with Gasteiger partial charge in [0.1, 0.15) is 5.02 Å². The molecule has 2 rings (SSSR count). The highest BCUT2D eigenvalue weighted by molar-refractivity contribution is 6.32. The maximum atomic E-state index is 12.2. The second kappa shape index (κ2) is 7.83. The predicted molar refractivity (Wildman–Crippen MR) is 88.1 cm³/mol. The third kappa shape index (κ3) is 4.73. The molecule has 1 N–H and O–H groups in total. The highest BCUT2D eigenvalue weighted by Crippen LogP contribution is 2.23. The van der Waals surface area contributed by atoms with Crippen molar-refractivity contribution < 1.29 is 0 Å². The molecule has 1 saturated carbocycles. The van der Waals surface area contributed by atoms with Crippen LogP contribution in [0, 0.1) is 5.92 Å². The minimum Gasteiger partial charge on any atom is -0.380 e. The third-order valence-corrected chi connectivity index (χ3v) is 4.35. The summed E-state index contributed by atoms with van der Waals surface area (Å²) in [7, 11) is 0. The van der Waals surface area contributed by atoms with E-state index in [-0.39, 0.29) is 10.6 Å². The standard InChI is InChI=1S/C16H26ClN3O/c1-12(2)11-20-16(21)15(17)14(10-18-20)19-13-8-6-4-3-5-7-9-13/h10,12-13,19H,3-9,11H2,1-2H3. The van der Waals surface area contributed by atoms with Gasteiger partial charge in [-0.1, -0.05) is 57.6 Å². The molecule has 4 nitrogen and oxygen atoms in total. The molecular formula is C16H26ClN3O. The smallest absolute Gasteiger partial charge is 0.287 e. The fourth-order valence-corrected chi connectivity index (χ4v) is 3.06. The number of rotatable bonds is 4. The minimum atomic E-state index is -0.193. The van der Waals surface area contributed by atoms with Crippen molar-refractivity contribution in [2.24, 2.45) is 5.92 Å². The van der Waals surface area contributed by atoms with E-state index in [1.54, 1.807) is 6.20 Å². The van der Waals surface area contributed by atoms with Gasteiger partial charge in [0.2, 0.25) is 0 Å². The molecule has 0 bridgehead atoms. The van der Waals surface area contributed by atoms with Crippen molar-refractivity contribution in [3.05, 3.63) is 21.6 Å². The number of aromatic nitrogens is 2. The average molecular weight is 312 g/mol. The monoisotopic (exact) mass is 311 g/mol. The van der Waals surface area contributed by atoms with Crippen LogP contribution >= 0.6 is 11.6 Å². The van der Waals surface area contributed by atoms with Crippen LogP contribution in [-0.2, 0) is 6.54 Å². The zero-order chi connectivity index (χ0) is 15.2. The van der Waals surface area contributed by atoms with Crippen molar-refractivity contribution in [1.29, 1.82) is 0 Å². The summed E-state index contributed by atoms with van der Waals surface area (Å²) in [5.41, 5.74) is 0.494. The van der Waals surface area contributed by atoms with Crippen LogP contribution < -0.4 is 10.9 Å². The molecule has 1 aromatic rings. The molecule has 1 heterocycles. The molecule has 0 saturated heterocycles. The summed E-state index contributed by atoms with van der Waals surface area (Å²) in [5, 5.41) is 7.95. The van der Waals surface area contributed by atoms with Crippen molar-refractivity contribution in [2.45, 2.75) is 71.4 Å². The van der Waals surface area contributed by atoms with Gasteiger partial charge in [-0.2, -0.15) is 5.10 Å². The van der Waals surface area contributed by atoms with E-state index in [9.17, 15) is 4.79 Å². The fraction of sp³-hybridized carbons (Fsp3) is 0.750. The minimum absolute atomic E-state index is 0.193. The van der Waals surface area contributed by atoms with E-state index in [2.05, 4.69) is 24.3 Å². The SMILES string of the molecule is CC(C)Cn1ncc(NC2CCCCCCC2)c(Cl)c1=O. The van der Waals surface area contributed by atoms with E-state index < -0.39 is 0 Å². The van der Waals surface area contributed by atoms with Crippen LogP contribution in [0.3, 0.4) is 0 Å². The van der Waals surface area contributed by atoms with Crippen molar-refractivity contribution in [1.82, 2.24) is 9.78 Å². The lowest BCUT2D eigenvalue weighted by Crippen LogP contribution is -2.28. The molecule has 0 atom stereocenters. The van der Waals surface area contributed by atoms with Crippen molar-refractivity contribution >= 4 is 17.3 Å². The van der Waals surface area contributed by atoms with E-state index in [0.717, 1.165) is 12.8 Å². The second-order valence-electron chi connectivity index (χ2n) is 6.44. The summed E-state index contributed by atoms with van der Waals surface area (Å²) in [4.78, 5) is 12.2. The van der Waals surface area contributed by atoms with Crippen molar-refractivity contribution in [3.63, 3.8) is 0 Å². The first-order chi connectivity index (χ1) is 10.1. The second-order valence-corrected chi connectivity index (χ2v) is 6.82. The summed E-state index contributed by atoms with van der Waals surface area (Å²) in [6.07, 6.45) is 10.4. The van der Waals surface area contributed by atoms with Crippen LogP contribution in [0.25, 0.3) is 0 Å². The molecule has 1 aliphatic rings. The Labute approximate surface area is 131 Å². The summed E-state index contributed by atoms with van der Waals surface area (Å²) in [6.45, 7) is 4.72. The van der Waals surface area contributed by atoms with Gasteiger partial charge >= 0.3 is 0 Å². The molecule has 0 amide bonds. The summed E-state index contributed by atoms with van der Waals surface area (Å²) < 4.78 is 1.45. The molecule has 1 aromatic heterocycles. The Balaban J connectivity index is 2.09. The third-order valence-electron chi connectivity index (χ3n) is 3.99. The highest BCUT2D eigenvalue weighted by atomic mass is 35.5. The molecule has 5 heteroatoms. The van der Waals surface area contributed by atoms with Crippen LogP contribution in [0.4, 0.5) is 5.69 Å². The molecule has 0 aromatic carbocycles. The molecular weight excluding hydrogens is 286 g/mol. The van der Waals surface area contributed by atoms with Gasteiger partial charge in [-0.05, 0) is 18.8 Å². The topological polar surface area (TPSA) is 46.9 Å². The fourth-order valence-electron chi connectivity index (χ4n) is 2.86. The van der Waals surface area contributed by atoms with Crippen LogP contribution in [0.15, 0.2) is 11.0 Å². The summed E-state index contributed by atoms with van der Waals surface area (Å²) in [6, 6.07) is 0.407. The van der Waals surface area contributed by atoms with Gasteiger partial charge in [0.05, 0.1) is 11.9 Å². The van der Waals surface area contributed by atoms with Gasteiger partial charge in [-0.15, -0.1) is 0 Å². The van der Waals surface area contributed by atoms with E-state index in [0.29, 0.717) is 24.2 Å². The maximum absolute atomic E-state index is 12.2. The molecule has 118 valence electrons. The summed E-state index contributed by atoms with van der Waals surface area (Å²) in [5.74, 6) is 0.371. The van der Waals surface area contributed by atoms with Crippen LogP contribution in [0.2, 0.25) is 5.02 Å². The van der Waals surface area contributed by atoms with Gasteiger partial charge in [0.25, 0.3) is 5.56 Å². The zero-order valence-electron chi connectivity index (χ0n) is 13.1. The maximum Gasteiger partial charge on any atom is 0.287 e. The van der Waals surface area contributed by atoms with Crippen LogP contribution in [0.5, 0.6) is 0 Å². The van der Waals surface area contributed by atoms with E-state index in [1.807, 2.05) is 0 Å². The molecule has 0 unspecified atom stereocenters. The molecule has 1 fully saturated rings. The van der Waals surface area contributed by atoms with E-state index >= 15 is 0 Å². The van der Waals surface area contributed by atoms with Gasteiger partial charge < -0.3 is 5.32 Å². The Bertz CT molecular complexity index is 505. The number of nitrogens with one attached hydrogen (secondary N) is 1. The molecule has 21 heavy (non-hydrogen) atoms. The first kappa shape index (κ1) is 16.3. The van der Waals surface area contributed by atoms with E-state index in [4.69, 9.17) is 11.6 Å². The van der Waals surface area contributed by atoms with Crippen LogP contribution in [0.1, 0.15) is 58.8 Å². The molecule has 0 spiro atoms. The molecule has 1 aliphatic carbocycles. The average Bonchev–Trinajstić information content (AvgIpc) is 2.40.